The number of nitrogens with one attached hydrogen (secondary N) is 1. The van der Waals surface area contributed by atoms with E-state index in [1.54, 1.807) is 24.6 Å². The van der Waals surface area contributed by atoms with E-state index >= 15 is 0 Å². The summed E-state index contributed by atoms with van der Waals surface area (Å²) in [6.07, 6.45) is 3.21. The number of hydrogen-bond acceptors (Lipinski definition) is 3. The molecule has 0 aliphatic carbocycles. The maximum Gasteiger partial charge on any atom is 0.234 e. The molecule has 120 valence electrons. The SMILES string of the molecule is Cl.NC(=N/N=C/c1ccc(Cl)cc1)N/N=C/c1ccc(Br)cc1. The molecule has 0 aromatic heterocycles. The smallest absolute Gasteiger partial charge is 0.234 e. The van der Waals surface area contributed by atoms with Crippen LogP contribution in [0.25, 0.3) is 0 Å². The number of benzene rings is 2. The number of halogens is 3. The Bertz CT molecular complexity index is 697. The monoisotopic (exact) mass is 413 g/mol. The molecule has 8 heteroatoms. The molecule has 5 nitrogen and oxygen atoms in total. The van der Waals surface area contributed by atoms with E-state index in [1.165, 1.54) is 0 Å². The normalized spacial score (nSPS) is 11.7. The number of hydrazone groups is 1. The largest absolute Gasteiger partial charge is 0.367 e. The second-order valence-corrected chi connectivity index (χ2v) is 5.56. The highest BCUT2D eigenvalue weighted by molar-refractivity contribution is 9.10. The van der Waals surface area contributed by atoms with Gasteiger partial charge in [-0.05, 0) is 35.4 Å². The van der Waals surface area contributed by atoms with Crippen LogP contribution in [0.1, 0.15) is 11.1 Å². The number of hydrogen-bond donors (Lipinski definition) is 2. The van der Waals surface area contributed by atoms with Crippen LogP contribution in [0, 0.1) is 0 Å². The molecule has 2 aromatic rings. The highest BCUT2D eigenvalue weighted by Gasteiger charge is 1.90. The van der Waals surface area contributed by atoms with Gasteiger partial charge in [0.05, 0.1) is 12.4 Å². The van der Waals surface area contributed by atoms with Crippen LogP contribution >= 0.6 is 39.9 Å². The summed E-state index contributed by atoms with van der Waals surface area (Å²) in [6, 6.07) is 14.9. The van der Waals surface area contributed by atoms with E-state index in [0.717, 1.165) is 15.6 Å². The lowest BCUT2D eigenvalue weighted by molar-refractivity contribution is 0.994. The average molecular weight is 415 g/mol. The van der Waals surface area contributed by atoms with E-state index in [4.69, 9.17) is 17.3 Å². The predicted molar refractivity (Wildman–Crippen MR) is 103 cm³/mol. The first-order valence-electron chi connectivity index (χ1n) is 6.30. The number of guanidine groups is 1. The van der Waals surface area contributed by atoms with E-state index in [-0.39, 0.29) is 18.4 Å². The molecule has 0 saturated heterocycles. The summed E-state index contributed by atoms with van der Waals surface area (Å²) in [5.41, 5.74) is 10.0. The summed E-state index contributed by atoms with van der Waals surface area (Å²) in [5.74, 6) is 0.0959. The minimum Gasteiger partial charge on any atom is -0.367 e. The van der Waals surface area contributed by atoms with Crippen LogP contribution in [0.15, 0.2) is 68.3 Å². The van der Waals surface area contributed by atoms with E-state index < -0.39 is 0 Å². The van der Waals surface area contributed by atoms with Gasteiger partial charge in [-0.2, -0.15) is 10.2 Å². The molecule has 2 rings (SSSR count). The molecule has 0 fully saturated rings. The van der Waals surface area contributed by atoms with Crippen LogP contribution < -0.4 is 11.2 Å². The van der Waals surface area contributed by atoms with Gasteiger partial charge in [-0.15, -0.1) is 17.5 Å². The fourth-order valence-corrected chi connectivity index (χ4v) is 1.84. The van der Waals surface area contributed by atoms with Crippen molar-refractivity contribution in [2.45, 2.75) is 0 Å². The fourth-order valence-electron chi connectivity index (χ4n) is 1.45. The molecule has 2 aromatic carbocycles. The fraction of sp³-hybridized carbons (Fsp3) is 0. The van der Waals surface area contributed by atoms with Crippen molar-refractivity contribution in [3.63, 3.8) is 0 Å². The Labute approximate surface area is 153 Å². The third kappa shape index (κ3) is 7.27. The standard InChI is InChI=1S/C15H13BrClN5.ClH/c16-13-5-1-11(2-6-13)9-19-21-15(18)22-20-10-12-3-7-14(17)8-4-12;/h1-10H,(H3,18,21,22);1H/b19-9+,20-10+;. The van der Waals surface area contributed by atoms with Gasteiger partial charge < -0.3 is 5.73 Å². The topological polar surface area (TPSA) is 75.1 Å². The van der Waals surface area contributed by atoms with Gasteiger partial charge in [0, 0.05) is 9.50 Å². The molecule has 0 aliphatic rings. The van der Waals surface area contributed by atoms with Crippen LogP contribution in [-0.4, -0.2) is 18.4 Å². The highest BCUT2D eigenvalue weighted by atomic mass is 79.9. The van der Waals surface area contributed by atoms with Crippen molar-refractivity contribution < 1.29 is 0 Å². The van der Waals surface area contributed by atoms with Gasteiger partial charge in [0.15, 0.2) is 0 Å². The molecule has 0 bridgehead atoms. The van der Waals surface area contributed by atoms with Crippen LogP contribution in [0.4, 0.5) is 0 Å². The maximum atomic E-state index is 5.79. The van der Waals surface area contributed by atoms with Gasteiger partial charge in [0.1, 0.15) is 0 Å². The minimum atomic E-state index is 0. The molecule has 0 spiro atoms. The van der Waals surface area contributed by atoms with Crippen LogP contribution in [0.5, 0.6) is 0 Å². The van der Waals surface area contributed by atoms with Gasteiger partial charge in [0.2, 0.25) is 5.96 Å². The van der Waals surface area contributed by atoms with E-state index in [0.29, 0.717) is 5.02 Å². The Balaban J connectivity index is 0.00000264. The highest BCUT2D eigenvalue weighted by Crippen LogP contribution is 2.09. The Hall–Kier alpha value is -1.89. The first-order valence-corrected chi connectivity index (χ1v) is 7.47. The molecule has 0 radical (unpaired) electrons. The zero-order valence-corrected chi connectivity index (χ0v) is 15.0. The molecule has 0 saturated carbocycles. The lowest BCUT2D eigenvalue weighted by Crippen LogP contribution is -2.26. The second kappa shape index (κ2) is 9.99. The molecule has 0 aliphatic heterocycles. The average Bonchev–Trinajstić information content (AvgIpc) is 2.51. The van der Waals surface area contributed by atoms with Gasteiger partial charge in [0.25, 0.3) is 0 Å². The zero-order valence-electron chi connectivity index (χ0n) is 11.9. The van der Waals surface area contributed by atoms with Crippen LogP contribution in [0.3, 0.4) is 0 Å². The zero-order chi connectivity index (χ0) is 15.8. The van der Waals surface area contributed by atoms with Crippen LogP contribution in [-0.2, 0) is 0 Å². The maximum absolute atomic E-state index is 5.79. The Morgan fingerprint density at radius 2 is 1.57 bits per heavy atom. The third-order valence-electron chi connectivity index (χ3n) is 2.51. The summed E-state index contributed by atoms with van der Waals surface area (Å²) in [7, 11) is 0. The van der Waals surface area contributed by atoms with Crippen molar-refractivity contribution >= 4 is 58.3 Å². The Morgan fingerprint density at radius 1 is 1.00 bits per heavy atom. The molecule has 0 unspecified atom stereocenters. The molecule has 0 amide bonds. The molecule has 3 N–H and O–H groups in total. The van der Waals surface area contributed by atoms with E-state index in [1.807, 2.05) is 36.4 Å². The van der Waals surface area contributed by atoms with Crippen molar-refractivity contribution in [3.05, 3.63) is 69.2 Å². The molecular weight excluding hydrogens is 401 g/mol. The third-order valence-corrected chi connectivity index (χ3v) is 3.29. The van der Waals surface area contributed by atoms with Gasteiger partial charge in [-0.1, -0.05) is 51.8 Å². The number of nitrogens with zero attached hydrogens (tertiary/aromatic N) is 3. The lowest BCUT2D eigenvalue weighted by atomic mass is 10.2. The molecule has 0 heterocycles. The quantitative estimate of drug-likeness (QED) is 0.453. The van der Waals surface area contributed by atoms with Crippen molar-refractivity contribution in [1.29, 1.82) is 0 Å². The lowest BCUT2D eigenvalue weighted by Gasteiger charge is -1.96. The van der Waals surface area contributed by atoms with Gasteiger partial charge >= 0.3 is 0 Å². The van der Waals surface area contributed by atoms with Crippen molar-refractivity contribution in [3.8, 4) is 0 Å². The Morgan fingerprint density at radius 3 is 2.22 bits per heavy atom. The van der Waals surface area contributed by atoms with Crippen molar-refractivity contribution in [2.24, 2.45) is 21.0 Å². The molecule has 0 atom stereocenters. The number of rotatable bonds is 4. The van der Waals surface area contributed by atoms with Crippen molar-refractivity contribution in [1.82, 2.24) is 5.43 Å². The number of nitrogens with two attached hydrogens (primary N) is 1. The first-order chi connectivity index (χ1) is 10.6. The summed E-state index contributed by atoms with van der Waals surface area (Å²) in [6.45, 7) is 0. The summed E-state index contributed by atoms with van der Waals surface area (Å²) in [4.78, 5) is 0. The van der Waals surface area contributed by atoms with Gasteiger partial charge in [-0.25, -0.2) is 5.43 Å². The molecular formula is C15H14BrCl2N5. The van der Waals surface area contributed by atoms with E-state index in [9.17, 15) is 0 Å². The van der Waals surface area contributed by atoms with Crippen LogP contribution in [0.2, 0.25) is 5.02 Å². The Kier molecular flexibility index (Phi) is 8.32. The first kappa shape index (κ1) is 19.2. The second-order valence-electron chi connectivity index (χ2n) is 4.20. The summed E-state index contributed by atoms with van der Waals surface area (Å²) in [5, 5.41) is 12.3. The predicted octanol–water partition coefficient (Wildman–Crippen LogP) is 3.80. The summed E-state index contributed by atoms with van der Waals surface area (Å²) >= 11 is 9.16. The van der Waals surface area contributed by atoms with Gasteiger partial charge in [-0.3, -0.25) is 0 Å². The van der Waals surface area contributed by atoms with E-state index in [2.05, 4.69) is 36.7 Å². The summed E-state index contributed by atoms with van der Waals surface area (Å²) < 4.78 is 1.01. The van der Waals surface area contributed by atoms with Crippen molar-refractivity contribution in [2.75, 3.05) is 0 Å². The molecule has 23 heavy (non-hydrogen) atoms. The minimum absolute atomic E-state index is 0.